The van der Waals surface area contributed by atoms with Crippen LogP contribution >= 0.6 is 0 Å². The van der Waals surface area contributed by atoms with E-state index in [9.17, 15) is 19.2 Å². The summed E-state index contributed by atoms with van der Waals surface area (Å²) in [4.78, 5) is 57.5. The average molecular weight is 453 g/mol. The molecule has 1 aromatic carbocycles. The summed E-state index contributed by atoms with van der Waals surface area (Å²) in [5, 5.41) is 2.87. The molecule has 0 radical (unpaired) electrons. The Hall–Kier alpha value is -4.15. The van der Waals surface area contributed by atoms with Crippen LogP contribution in [-0.4, -0.2) is 57.6 Å². The maximum absolute atomic E-state index is 13.0. The van der Waals surface area contributed by atoms with Crippen LogP contribution in [0.15, 0.2) is 40.1 Å². The van der Waals surface area contributed by atoms with Crippen molar-refractivity contribution in [3.05, 3.63) is 56.9 Å². The van der Waals surface area contributed by atoms with Crippen LogP contribution in [0.25, 0.3) is 11.0 Å². The maximum Gasteiger partial charge on any atom is 0.329 e. The lowest BCUT2D eigenvalue weighted by molar-refractivity contribution is -0.116. The lowest BCUT2D eigenvalue weighted by Crippen LogP contribution is -2.38. The molecule has 0 bridgehead atoms. The zero-order valence-electron chi connectivity index (χ0n) is 18.2. The Morgan fingerprint density at radius 2 is 1.91 bits per heavy atom. The molecule has 11 nitrogen and oxygen atoms in total. The number of hydrogen-bond acceptors (Lipinski definition) is 7. The SMILES string of the molecule is CCN(CC(=O)Nc1ccc2c(c1)OCCO2)C(=O)c1cnc2c(c1)c(=O)[nH]c(=O)n2CC. The zero-order valence-corrected chi connectivity index (χ0v) is 18.2. The van der Waals surface area contributed by atoms with Crippen molar-refractivity contribution < 1.29 is 19.1 Å². The number of ether oxygens (including phenoxy) is 2. The van der Waals surface area contributed by atoms with Gasteiger partial charge in [-0.2, -0.15) is 0 Å². The third-order valence-corrected chi connectivity index (χ3v) is 5.23. The van der Waals surface area contributed by atoms with Crippen LogP contribution in [0.2, 0.25) is 0 Å². The molecule has 0 unspecified atom stereocenters. The van der Waals surface area contributed by atoms with E-state index in [1.54, 1.807) is 32.0 Å². The Bertz CT molecular complexity index is 1350. The summed E-state index contributed by atoms with van der Waals surface area (Å²) >= 11 is 0. The summed E-state index contributed by atoms with van der Waals surface area (Å²) in [7, 11) is 0. The minimum absolute atomic E-state index is 0.124. The Morgan fingerprint density at radius 1 is 1.15 bits per heavy atom. The minimum Gasteiger partial charge on any atom is -0.486 e. The molecular weight excluding hydrogens is 430 g/mol. The molecule has 0 aliphatic carbocycles. The lowest BCUT2D eigenvalue weighted by atomic mass is 10.2. The van der Waals surface area contributed by atoms with E-state index in [1.807, 2.05) is 0 Å². The van der Waals surface area contributed by atoms with E-state index < -0.39 is 23.1 Å². The summed E-state index contributed by atoms with van der Waals surface area (Å²) in [6.45, 7) is 4.76. The highest BCUT2D eigenvalue weighted by atomic mass is 16.6. The molecule has 0 saturated heterocycles. The van der Waals surface area contributed by atoms with E-state index in [-0.39, 0.29) is 29.7 Å². The number of fused-ring (bicyclic) bond motifs is 2. The molecule has 0 atom stereocenters. The van der Waals surface area contributed by atoms with Crippen molar-refractivity contribution in [1.82, 2.24) is 19.4 Å². The molecule has 0 spiro atoms. The molecular formula is C22H23N5O6. The summed E-state index contributed by atoms with van der Waals surface area (Å²) in [6, 6.07) is 6.45. The van der Waals surface area contributed by atoms with Crippen LogP contribution in [0.3, 0.4) is 0 Å². The van der Waals surface area contributed by atoms with Gasteiger partial charge in [0, 0.05) is 31.0 Å². The molecule has 1 aliphatic rings. The number of carbonyl (C=O) groups excluding carboxylic acids is 2. The largest absolute Gasteiger partial charge is 0.486 e. The monoisotopic (exact) mass is 453 g/mol. The van der Waals surface area contributed by atoms with Gasteiger partial charge >= 0.3 is 5.69 Å². The number of aromatic amines is 1. The lowest BCUT2D eigenvalue weighted by Gasteiger charge is -2.21. The molecule has 1 aliphatic heterocycles. The fourth-order valence-corrected chi connectivity index (χ4v) is 3.58. The normalized spacial score (nSPS) is 12.4. The van der Waals surface area contributed by atoms with Crippen LogP contribution in [0.5, 0.6) is 11.5 Å². The number of nitrogens with one attached hydrogen (secondary N) is 2. The smallest absolute Gasteiger partial charge is 0.329 e. The topological polar surface area (TPSA) is 136 Å². The second kappa shape index (κ2) is 9.15. The van der Waals surface area contributed by atoms with Gasteiger partial charge in [0.25, 0.3) is 11.5 Å². The second-order valence-corrected chi connectivity index (χ2v) is 7.32. The van der Waals surface area contributed by atoms with Gasteiger partial charge < -0.3 is 19.7 Å². The standard InChI is InChI=1S/C22H23N5O6/c1-3-26(12-18(28)24-14-5-6-16-17(10-14)33-8-7-32-16)21(30)13-9-15-19(23-11-13)27(4-2)22(31)25-20(15)29/h5-6,9-11H,3-4,7-8,12H2,1-2H3,(H,24,28)(H,25,29,31). The van der Waals surface area contributed by atoms with E-state index in [2.05, 4.69) is 15.3 Å². The summed E-state index contributed by atoms with van der Waals surface area (Å²) in [6.07, 6.45) is 1.30. The van der Waals surface area contributed by atoms with Crippen LogP contribution in [-0.2, 0) is 11.3 Å². The number of carbonyl (C=O) groups is 2. The van der Waals surface area contributed by atoms with Gasteiger partial charge in [-0.05, 0) is 32.0 Å². The van der Waals surface area contributed by atoms with Gasteiger partial charge in [-0.15, -0.1) is 0 Å². The molecule has 11 heteroatoms. The average Bonchev–Trinajstić information content (AvgIpc) is 2.82. The summed E-state index contributed by atoms with van der Waals surface area (Å²) < 4.78 is 12.3. The molecule has 0 fully saturated rings. The number of benzene rings is 1. The highest BCUT2D eigenvalue weighted by Gasteiger charge is 2.20. The molecule has 4 rings (SSSR count). The van der Waals surface area contributed by atoms with Gasteiger partial charge in [0.2, 0.25) is 5.91 Å². The zero-order chi connectivity index (χ0) is 23.5. The van der Waals surface area contributed by atoms with Crippen LogP contribution in [0.1, 0.15) is 24.2 Å². The van der Waals surface area contributed by atoms with Gasteiger partial charge in [-0.1, -0.05) is 0 Å². The molecule has 0 saturated carbocycles. The summed E-state index contributed by atoms with van der Waals surface area (Å²) in [5.41, 5.74) is -0.330. The van der Waals surface area contributed by atoms with Crippen molar-refractivity contribution in [2.24, 2.45) is 0 Å². The first-order valence-corrected chi connectivity index (χ1v) is 10.5. The van der Waals surface area contributed by atoms with Crippen molar-refractivity contribution in [3.63, 3.8) is 0 Å². The van der Waals surface area contributed by atoms with Crippen molar-refractivity contribution in [2.45, 2.75) is 20.4 Å². The molecule has 3 heterocycles. The number of likely N-dealkylation sites (N-methyl/N-ethyl adjacent to an activating group) is 1. The van der Waals surface area contributed by atoms with Gasteiger partial charge in [0.05, 0.1) is 10.9 Å². The predicted octanol–water partition coefficient (Wildman–Crippen LogP) is 0.977. The summed E-state index contributed by atoms with van der Waals surface area (Å²) in [5.74, 6) is 0.295. The number of pyridine rings is 1. The number of H-pyrrole nitrogens is 1. The van der Waals surface area contributed by atoms with Gasteiger partial charge in [0.15, 0.2) is 11.5 Å². The number of aromatic nitrogens is 3. The van der Waals surface area contributed by atoms with E-state index >= 15 is 0 Å². The fourth-order valence-electron chi connectivity index (χ4n) is 3.58. The molecule has 3 aromatic rings. The Labute approximate surface area is 188 Å². The second-order valence-electron chi connectivity index (χ2n) is 7.32. The van der Waals surface area contributed by atoms with Crippen LogP contribution in [0, 0.1) is 0 Å². The minimum atomic E-state index is -0.624. The molecule has 2 aromatic heterocycles. The van der Waals surface area contributed by atoms with Gasteiger partial charge in [0.1, 0.15) is 25.4 Å². The van der Waals surface area contributed by atoms with E-state index in [4.69, 9.17) is 9.47 Å². The first-order valence-electron chi connectivity index (χ1n) is 10.5. The van der Waals surface area contributed by atoms with Crippen molar-refractivity contribution in [2.75, 3.05) is 31.6 Å². The molecule has 2 amide bonds. The van der Waals surface area contributed by atoms with Gasteiger partial charge in [-0.25, -0.2) is 9.78 Å². The Morgan fingerprint density at radius 3 is 2.64 bits per heavy atom. The number of anilines is 1. The van der Waals surface area contributed by atoms with Crippen molar-refractivity contribution in [1.29, 1.82) is 0 Å². The first-order chi connectivity index (χ1) is 15.9. The van der Waals surface area contributed by atoms with Crippen molar-refractivity contribution >= 4 is 28.5 Å². The van der Waals surface area contributed by atoms with Gasteiger partial charge in [-0.3, -0.25) is 23.9 Å². The number of hydrogen-bond donors (Lipinski definition) is 2. The van der Waals surface area contributed by atoms with E-state index in [0.29, 0.717) is 36.9 Å². The molecule has 2 N–H and O–H groups in total. The molecule has 33 heavy (non-hydrogen) atoms. The third kappa shape index (κ3) is 4.43. The predicted molar refractivity (Wildman–Crippen MR) is 120 cm³/mol. The highest BCUT2D eigenvalue weighted by molar-refractivity contribution is 6.00. The van der Waals surface area contributed by atoms with Crippen LogP contribution < -0.4 is 26.0 Å². The number of amides is 2. The quantitative estimate of drug-likeness (QED) is 0.568. The van der Waals surface area contributed by atoms with E-state index in [0.717, 1.165) is 0 Å². The highest BCUT2D eigenvalue weighted by Crippen LogP contribution is 2.32. The Balaban J connectivity index is 1.52. The van der Waals surface area contributed by atoms with Crippen molar-refractivity contribution in [3.8, 4) is 11.5 Å². The first kappa shape index (κ1) is 22.1. The number of nitrogens with zero attached hydrogens (tertiary/aromatic N) is 3. The fraction of sp³-hybridized carbons (Fsp3) is 0.318. The number of rotatable bonds is 6. The molecule has 172 valence electrons. The van der Waals surface area contributed by atoms with Crippen LogP contribution in [0.4, 0.5) is 5.69 Å². The Kier molecular flexibility index (Phi) is 6.11. The maximum atomic E-state index is 13.0. The third-order valence-electron chi connectivity index (χ3n) is 5.23. The number of aryl methyl sites for hydroxylation is 1. The van der Waals surface area contributed by atoms with E-state index in [1.165, 1.54) is 21.7 Å².